The van der Waals surface area contributed by atoms with Crippen LogP contribution in [-0.4, -0.2) is 23.1 Å². The van der Waals surface area contributed by atoms with Gasteiger partial charge in [-0.2, -0.15) is 0 Å². The summed E-state index contributed by atoms with van der Waals surface area (Å²) < 4.78 is 12.8. The van der Waals surface area contributed by atoms with Crippen molar-refractivity contribution >= 4 is 34.4 Å². The molecule has 2 aromatic rings. The monoisotopic (exact) mass is 334 g/mol. The molecule has 0 fully saturated rings. The van der Waals surface area contributed by atoms with Crippen LogP contribution in [0.5, 0.6) is 0 Å². The van der Waals surface area contributed by atoms with E-state index in [1.165, 1.54) is 18.2 Å². The molecule has 0 heterocycles. The first-order chi connectivity index (χ1) is 11.1. The molecule has 0 saturated carbocycles. The van der Waals surface area contributed by atoms with Crippen LogP contribution in [0, 0.1) is 15.9 Å². The Hall–Kier alpha value is -2.74. The Morgan fingerprint density at radius 2 is 1.83 bits per heavy atom. The van der Waals surface area contributed by atoms with E-state index < -0.39 is 4.92 Å². The van der Waals surface area contributed by atoms with E-state index in [0.29, 0.717) is 29.6 Å². The van der Waals surface area contributed by atoms with Crippen LogP contribution in [0.4, 0.5) is 21.5 Å². The number of hydrogen-bond donors (Lipinski definition) is 3. The first-order valence-corrected chi connectivity index (χ1v) is 7.25. The molecule has 0 spiro atoms. The van der Waals surface area contributed by atoms with Gasteiger partial charge in [0.05, 0.1) is 4.92 Å². The molecule has 2 rings (SSSR count). The lowest BCUT2D eigenvalue weighted by Gasteiger charge is -2.11. The van der Waals surface area contributed by atoms with Gasteiger partial charge in [0.2, 0.25) is 0 Å². The molecule has 0 aromatic heterocycles. The van der Waals surface area contributed by atoms with Crippen molar-refractivity contribution in [3.05, 3.63) is 64.5 Å². The summed E-state index contributed by atoms with van der Waals surface area (Å²) in [6, 6.07) is 12.3. The molecule has 0 unspecified atom stereocenters. The quantitative estimate of drug-likeness (QED) is 0.326. The maximum absolute atomic E-state index is 12.8. The number of halogens is 1. The van der Waals surface area contributed by atoms with Gasteiger partial charge in [-0.3, -0.25) is 10.1 Å². The molecule has 0 amide bonds. The minimum Gasteiger partial charge on any atom is -0.378 e. The van der Waals surface area contributed by atoms with E-state index in [-0.39, 0.29) is 11.5 Å². The van der Waals surface area contributed by atoms with Crippen LogP contribution in [0.1, 0.15) is 0 Å². The average molecular weight is 334 g/mol. The van der Waals surface area contributed by atoms with E-state index in [1.54, 1.807) is 30.3 Å². The average Bonchev–Trinajstić information content (AvgIpc) is 2.54. The topological polar surface area (TPSA) is 79.2 Å². The van der Waals surface area contributed by atoms with Gasteiger partial charge in [-0.05, 0) is 42.5 Å². The number of rotatable bonds is 6. The van der Waals surface area contributed by atoms with Crippen molar-refractivity contribution in [2.45, 2.75) is 0 Å². The molecule has 0 saturated heterocycles. The lowest BCUT2D eigenvalue weighted by atomic mass is 10.2. The van der Waals surface area contributed by atoms with Crippen molar-refractivity contribution in [1.29, 1.82) is 0 Å². The number of benzene rings is 2. The summed E-state index contributed by atoms with van der Waals surface area (Å²) in [4.78, 5) is 10.4. The van der Waals surface area contributed by atoms with Gasteiger partial charge in [-0.1, -0.05) is 12.1 Å². The minimum absolute atomic E-state index is 0.0273. The number of anilines is 2. The standard InChI is InChI=1S/C15H15FN4O2S/c16-11-5-7-12(8-6-11)19-15(23)18-10-9-17-13-3-1-2-4-14(13)20(21)22/h1-8,17H,9-10H2,(H2,18,19,23). The Balaban J connectivity index is 1.76. The molecule has 0 aliphatic heterocycles. The minimum atomic E-state index is -0.434. The van der Waals surface area contributed by atoms with E-state index in [1.807, 2.05) is 0 Å². The normalized spacial score (nSPS) is 9.96. The number of nitro benzene ring substituents is 1. The summed E-state index contributed by atoms with van der Waals surface area (Å²) in [5, 5.41) is 20.1. The lowest BCUT2D eigenvalue weighted by Crippen LogP contribution is -2.32. The van der Waals surface area contributed by atoms with Gasteiger partial charge in [0.15, 0.2) is 5.11 Å². The zero-order chi connectivity index (χ0) is 16.7. The maximum Gasteiger partial charge on any atom is 0.292 e. The van der Waals surface area contributed by atoms with Crippen LogP contribution < -0.4 is 16.0 Å². The smallest absolute Gasteiger partial charge is 0.292 e. The predicted octanol–water partition coefficient (Wildman–Crippen LogP) is 3.13. The molecule has 0 radical (unpaired) electrons. The fraction of sp³-hybridized carbons (Fsp3) is 0.133. The van der Waals surface area contributed by atoms with E-state index in [2.05, 4.69) is 16.0 Å². The Kier molecular flexibility index (Phi) is 5.81. The number of hydrogen-bond acceptors (Lipinski definition) is 4. The van der Waals surface area contributed by atoms with Gasteiger partial charge in [0.1, 0.15) is 11.5 Å². The number of thiocarbonyl (C=S) groups is 1. The first-order valence-electron chi connectivity index (χ1n) is 6.84. The van der Waals surface area contributed by atoms with Crippen molar-refractivity contribution in [2.75, 3.05) is 23.7 Å². The number of para-hydroxylation sites is 2. The molecular weight excluding hydrogens is 319 g/mol. The first kappa shape index (κ1) is 16.6. The van der Waals surface area contributed by atoms with Crippen LogP contribution in [0.15, 0.2) is 48.5 Å². The van der Waals surface area contributed by atoms with E-state index in [9.17, 15) is 14.5 Å². The van der Waals surface area contributed by atoms with Crippen molar-refractivity contribution in [3.8, 4) is 0 Å². The second-order valence-electron chi connectivity index (χ2n) is 4.59. The fourth-order valence-corrected chi connectivity index (χ4v) is 2.08. The third-order valence-electron chi connectivity index (χ3n) is 2.93. The summed E-state index contributed by atoms with van der Waals surface area (Å²) in [7, 11) is 0. The highest BCUT2D eigenvalue weighted by Gasteiger charge is 2.11. The highest BCUT2D eigenvalue weighted by molar-refractivity contribution is 7.80. The van der Waals surface area contributed by atoms with Crippen molar-refractivity contribution in [2.24, 2.45) is 0 Å². The summed E-state index contributed by atoms with van der Waals surface area (Å²) >= 11 is 5.11. The maximum atomic E-state index is 12.8. The molecule has 0 aliphatic carbocycles. The summed E-state index contributed by atoms with van der Waals surface area (Å²) in [5.41, 5.74) is 1.16. The number of nitrogens with zero attached hydrogens (tertiary/aromatic N) is 1. The van der Waals surface area contributed by atoms with Gasteiger partial charge in [-0.25, -0.2) is 4.39 Å². The van der Waals surface area contributed by atoms with Crippen LogP contribution >= 0.6 is 12.2 Å². The van der Waals surface area contributed by atoms with Crippen molar-refractivity contribution in [3.63, 3.8) is 0 Å². The van der Waals surface area contributed by atoms with Crippen molar-refractivity contribution < 1.29 is 9.31 Å². The van der Waals surface area contributed by atoms with Gasteiger partial charge in [0, 0.05) is 24.8 Å². The van der Waals surface area contributed by atoms with Gasteiger partial charge >= 0.3 is 0 Å². The molecule has 23 heavy (non-hydrogen) atoms. The largest absolute Gasteiger partial charge is 0.378 e. The summed E-state index contributed by atoms with van der Waals surface area (Å²) in [5.74, 6) is -0.317. The van der Waals surface area contributed by atoms with E-state index >= 15 is 0 Å². The highest BCUT2D eigenvalue weighted by Crippen LogP contribution is 2.22. The van der Waals surface area contributed by atoms with Crippen LogP contribution in [0.25, 0.3) is 0 Å². The van der Waals surface area contributed by atoms with E-state index in [4.69, 9.17) is 12.2 Å². The zero-order valence-electron chi connectivity index (χ0n) is 12.1. The summed E-state index contributed by atoms with van der Waals surface area (Å²) in [6.45, 7) is 0.926. The zero-order valence-corrected chi connectivity index (χ0v) is 12.9. The fourth-order valence-electron chi connectivity index (χ4n) is 1.86. The molecule has 0 atom stereocenters. The third-order valence-corrected chi connectivity index (χ3v) is 3.18. The van der Waals surface area contributed by atoms with Crippen LogP contribution in [-0.2, 0) is 0 Å². The molecule has 0 bridgehead atoms. The van der Waals surface area contributed by atoms with Gasteiger partial charge < -0.3 is 16.0 Å². The summed E-state index contributed by atoms with van der Waals surface area (Å²) in [6.07, 6.45) is 0. The predicted molar refractivity (Wildman–Crippen MR) is 92.2 cm³/mol. The lowest BCUT2D eigenvalue weighted by molar-refractivity contribution is -0.384. The third kappa shape index (κ3) is 5.19. The van der Waals surface area contributed by atoms with Crippen LogP contribution in [0.2, 0.25) is 0 Å². The Morgan fingerprint density at radius 3 is 2.52 bits per heavy atom. The molecule has 6 nitrogen and oxygen atoms in total. The highest BCUT2D eigenvalue weighted by atomic mass is 32.1. The Labute approximate surface area is 137 Å². The van der Waals surface area contributed by atoms with Gasteiger partial charge in [0.25, 0.3) is 5.69 Å². The second-order valence-corrected chi connectivity index (χ2v) is 5.00. The molecule has 2 aromatic carbocycles. The number of nitrogens with one attached hydrogen (secondary N) is 3. The molecular formula is C15H15FN4O2S. The Morgan fingerprint density at radius 1 is 1.13 bits per heavy atom. The number of nitro groups is 1. The molecule has 120 valence electrons. The second kappa shape index (κ2) is 8.04. The van der Waals surface area contributed by atoms with Gasteiger partial charge in [-0.15, -0.1) is 0 Å². The molecule has 3 N–H and O–H groups in total. The Bertz CT molecular complexity index is 694. The SMILES string of the molecule is O=[N+]([O-])c1ccccc1NCCNC(=S)Nc1ccc(F)cc1. The molecule has 0 aliphatic rings. The van der Waals surface area contributed by atoms with E-state index in [0.717, 1.165) is 0 Å². The van der Waals surface area contributed by atoms with Crippen molar-refractivity contribution in [1.82, 2.24) is 5.32 Å². The molecule has 8 heteroatoms. The van der Waals surface area contributed by atoms with Crippen LogP contribution in [0.3, 0.4) is 0 Å².